The number of phenolic OH excluding ortho intramolecular Hbond substituents is 1. The van der Waals surface area contributed by atoms with E-state index in [-0.39, 0.29) is 17.7 Å². The molecule has 1 heterocycles. The Hall–Kier alpha value is -1.75. The van der Waals surface area contributed by atoms with E-state index in [2.05, 4.69) is 15.1 Å². The van der Waals surface area contributed by atoms with E-state index in [1.807, 2.05) is 26.0 Å². The summed E-state index contributed by atoms with van der Waals surface area (Å²) in [5, 5.41) is 12.2. The van der Waals surface area contributed by atoms with Gasteiger partial charge in [0.1, 0.15) is 5.75 Å². The topological polar surface area (TPSA) is 55.8 Å². The van der Waals surface area contributed by atoms with Crippen molar-refractivity contribution >= 4 is 11.6 Å². The Kier molecular flexibility index (Phi) is 4.84. The van der Waals surface area contributed by atoms with Crippen molar-refractivity contribution < 1.29 is 9.90 Å². The minimum atomic E-state index is -0.0723. The van der Waals surface area contributed by atoms with Crippen LogP contribution < -0.4 is 10.2 Å². The number of hydrogen-bond acceptors (Lipinski definition) is 4. The maximum absolute atomic E-state index is 11.8. The smallest absolute Gasteiger partial charge is 0.237 e. The van der Waals surface area contributed by atoms with Crippen LogP contribution in [0.2, 0.25) is 0 Å². The van der Waals surface area contributed by atoms with Gasteiger partial charge in [-0.2, -0.15) is 0 Å². The molecule has 0 unspecified atom stereocenters. The number of amides is 1. The summed E-state index contributed by atoms with van der Waals surface area (Å²) in [4.78, 5) is 16.3. The second-order valence-corrected chi connectivity index (χ2v) is 5.11. The molecule has 1 aromatic rings. The first-order valence-corrected chi connectivity index (χ1v) is 7.17. The summed E-state index contributed by atoms with van der Waals surface area (Å²) in [5.41, 5.74) is 1.12. The number of piperazine rings is 1. The van der Waals surface area contributed by atoms with E-state index >= 15 is 0 Å². The quantitative estimate of drug-likeness (QED) is 0.863. The Morgan fingerprint density at radius 1 is 1.25 bits per heavy atom. The minimum absolute atomic E-state index is 0.0723. The molecule has 0 aliphatic carbocycles. The highest BCUT2D eigenvalue weighted by molar-refractivity contribution is 5.81. The average molecular weight is 277 g/mol. The number of carbonyl (C=O) groups excluding carboxylic acids is 1. The maximum atomic E-state index is 11.8. The molecular weight excluding hydrogens is 254 g/mol. The largest absolute Gasteiger partial charge is 0.508 e. The first kappa shape index (κ1) is 14.7. The summed E-state index contributed by atoms with van der Waals surface area (Å²) in [6, 6.07) is 7.20. The normalized spacial score (nSPS) is 17.8. The van der Waals surface area contributed by atoms with Crippen LogP contribution in [0, 0.1) is 0 Å². The van der Waals surface area contributed by atoms with Gasteiger partial charge in [-0.25, -0.2) is 0 Å². The van der Waals surface area contributed by atoms with Gasteiger partial charge in [-0.1, -0.05) is 0 Å². The first-order valence-electron chi connectivity index (χ1n) is 7.17. The number of likely N-dealkylation sites (N-methyl/N-ethyl adjacent to an activating group) is 1. The molecule has 20 heavy (non-hydrogen) atoms. The highest BCUT2D eigenvalue weighted by Gasteiger charge is 2.25. The molecule has 0 aromatic heterocycles. The van der Waals surface area contributed by atoms with E-state index in [1.165, 1.54) is 0 Å². The van der Waals surface area contributed by atoms with Crippen LogP contribution in [0.1, 0.15) is 13.8 Å². The lowest BCUT2D eigenvalue weighted by atomic mass is 10.2. The van der Waals surface area contributed by atoms with Crippen molar-refractivity contribution in [2.24, 2.45) is 0 Å². The lowest BCUT2D eigenvalue weighted by Crippen LogP contribution is -2.54. The summed E-state index contributed by atoms with van der Waals surface area (Å²) < 4.78 is 0. The van der Waals surface area contributed by atoms with Gasteiger partial charge in [0, 0.05) is 38.4 Å². The molecule has 1 amide bonds. The lowest BCUT2D eigenvalue weighted by molar-refractivity contribution is -0.125. The van der Waals surface area contributed by atoms with Crippen LogP contribution in [0.15, 0.2) is 24.3 Å². The standard InChI is InChI=1S/C15H23N3O2/c1-3-16-15(20)12(2)17-8-10-18(11-9-17)13-4-6-14(19)7-5-13/h4-7,12,19H,3,8-11H2,1-2H3,(H,16,20)/t12-/m1/s1. The van der Waals surface area contributed by atoms with Gasteiger partial charge in [-0.05, 0) is 38.1 Å². The Labute approximate surface area is 120 Å². The Morgan fingerprint density at radius 3 is 2.40 bits per heavy atom. The van der Waals surface area contributed by atoms with Gasteiger partial charge in [0.25, 0.3) is 0 Å². The molecular formula is C15H23N3O2. The summed E-state index contributed by atoms with van der Waals surface area (Å²) in [7, 11) is 0. The van der Waals surface area contributed by atoms with Gasteiger partial charge in [-0.3, -0.25) is 9.69 Å². The fourth-order valence-corrected chi connectivity index (χ4v) is 2.52. The molecule has 110 valence electrons. The third kappa shape index (κ3) is 3.42. The van der Waals surface area contributed by atoms with Crippen LogP contribution in [-0.4, -0.2) is 54.7 Å². The Balaban J connectivity index is 1.89. The molecule has 0 saturated carbocycles. The van der Waals surface area contributed by atoms with Crippen molar-refractivity contribution in [2.45, 2.75) is 19.9 Å². The van der Waals surface area contributed by atoms with Crippen LogP contribution in [-0.2, 0) is 4.79 Å². The number of hydrogen-bond donors (Lipinski definition) is 2. The fraction of sp³-hybridized carbons (Fsp3) is 0.533. The number of anilines is 1. The molecule has 0 spiro atoms. The van der Waals surface area contributed by atoms with Crippen LogP contribution in [0.25, 0.3) is 0 Å². The van der Waals surface area contributed by atoms with Crippen molar-refractivity contribution in [3.8, 4) is 5.75 Å². The second kappa shape index (κ2) is 6.61. The predicted molar refractivity (Wildman–Crippen MR) is 80.0 cm³/mol. The SMILES string of the molecule is CCNC(=O)[C@@H](C)N1CCN(c2ccc(O)cc2)CC1. The molecule has 2 N–H and O–H groups in total. The monoisotopic (exact) mass is 277 g/mol. The number of nitrogens with one attached hydrogen (secondary N) is 1. The summed E-state index contributed by atoms with van der Waals surface area (Å²) in [5.74, 6) is 0.392. The summed E-state index contributed by atoms with van der Waals surface area (Å²) in [6.07, 6.45) is 0. The number of rotatable bonds is 4. The maximum Gasteiger partial charge on any atom is 0.237 e. The van der Waals surface area contributed by atoms with Gasteiger partial charge >= 0.3 is 0 Å². The van der Waals surface area contributed by atoms with Gasteiger partial charge in [0.05, 0.1) is 6.04 Å². The molecule has 1 atom stereocenters. The van der Waals surface area contributed by atoms with Gasteiger partial charge in [0.2, 0.25) is 5.91 Å². The number of phenols is 1. The zero-order valence-corrected chi connectivity index (χ0v) is 12.2. The molecule has 1 fully saturated rings. The highest BCUT2D eigenvalue weighted by atomic mass is 16.3. The molecule has 0 bridgehead atoms. The minimum Gasteiger partial charge on any atom is -0.508 e. The van der Waals surface area contributed by atoms with Crippen LogP contribution in [0.5, 0.6) is 5.75 Å². The van der Waals surface area contributed by atoms with E-state index < -0.39 is 0 Å². The fourth-order valence-electron chi connectivity index (χ4n) is 2.52. The molecule has 1 aliphatic rings. The molecule has 1 aromatic carbocycles. The summed E-state index contributed by atoms with van der Waals surface area (Å²) in [6.45, 7) is 8.12. The van der Waals surface area contributed by atoms with Crippen LogP contribution in [0.3, 0.4) is 0 Å². The van der Waals surface area contributed by atoms with Crippen molar-refractivity contribution in [3.05, 3.63) is 24.3 Å². The summed E-state index contributed by atoms with van der Waals surface area (Å²) >= 11 is 0. The van der Waals surface area contributed by atoms with Gasteiger partial charge in [-0.15, -0.1) is 0 Å². The van der Waals surface area contributed by atoms with E-state index in [0.717, 1.165) is 31.9 Å². The number of benzene rings is 1. The molecule has 5 nitrogen and oxygen atoms in total. The molecule has 5 heteroatoms. The molecule has 0 radical (unpaired) electrons. The van der Waals surface area contributed by atoms with E-state index in [4.69, 9.17) is 0 Å². The van der Waals surface area contributed by atoms with Gasteiger partial charge in [0.15, 0.2) is 0 Å². The van der Waals surface area contributed by atoms with Crippen LogP contribution >= 0.6 is 0 Å². The third-order valence-electron chi connectivity index (χ3n) is 3.81. The average Bonchev–Trinajstić information content (AvgIpc) is 2.48. The first-order chi connectivity index (χ1) is 9.61. The Bertz CT molecular complexity index is 439. The zero-order chi connectivity index (χ0) is 14.5. The molecule has 1 saturated heterocycles. The predicted octanol–water partition coefficient (Wildman–Crippen LogP) is 1.04. The number of carbonyl (C=O) groups is 1. The second-order valence-electron chi connectivity index (χ2n) is 5.11. The number of aromatic hydroxyl groups is 1. The van der Waals surface area contributed by atoms with Crippen LogP contribution in [0.4, 0.5) is 5.69 Å². The highest BCUT2D eigenvalue weighted by Crippen LogP contribution is 2.20. The van der Waals surface area contributed by atoms with E-state index in [0.29, 0.717) is 6.54 Å². The lowest BCUT2D eigenvalue weighted by Gasteiger charge is -2.38. The van der Waals surface area contributed by atoms with Gasteiger partial charge < -0.3 is 15.3 Å². The Morgan fingerprint density at radius 2 is 1.85 bits per heavy atom. The van der Waals surface area contributed by atoms with Crippen molar-refractivity contribution in [3.63, 3.8) is 0 Å². The van der Waals surface area contributed by atoms with E-state index in [1.54, 1.807) is 12.1 Å². The third-order valence-corrected chi connectivity index (χ3v) is 3.81. The molecule has 2 rings (SSSR count). The van der Waals surface area contributed by atoms with Crippen molar-refractivity contribution in [2.75, 3.05) is 37.6 Å². The van der Waals surface area contributed by atoms with Crippen molar-refractivity contribution in [1.82, 2.24) is 10.2 Å². The molecule has 1 aliphatic heterocycles. The zero-order valence-electron chi connectivity index (χ0n) is 12.2. The van der Waals surface area contributed by atoms with Crippen molar-refractivity contribution in [1.29, 1.82) is 0 Å². The number of nitrogens with zero attached hydrogens (tertiary/aromatic N) is 2. The van der Waals surface area contributed by atoms with E-state index in [9.17, 15) is 9.90 Å².